The number of carboxylic acids is 1. The number of carbonyl (C=O) groups is 2. The van der Waals surface area contributed by atoms with Gasteiger partial charge in [0.1, 0.15) is 5.75 Å². The third-order valence-electron chi connectivity index (χ3n) is 10.6. The van der Waals surface area contributed by atoms with Crippen molar-refractivity contribution in [1.82, 2.24) is 9.80 Å². The first-order valence-corrected chi connectivity index (χ1v) is 14.8. The SMILES string of the molecule is CC(C)[C@]1(C(=O)N2COc3ccc(C(F)(F)F)cc3C2)CC[C@@H](N2CC[C@@]3(C=Cc4c(C(=O)O)cccc43)[C@@H](C)C2)C1. The summed E-state index contributed by atoms with van der Waals surface area (Å²) in [4.78, 5) is 30.0. The molecule has 0 bridgehead atoms. The van der Waals surface area contributed by atoms with E-state index in [-0.39, 0.29) is 42.5 Å². The van der Waals surface area contributed by atoms with E-state index in [0.29, 0.717) is 23.3 Å². The van der Waals surface area contributed by atoms with Crippen LogP contribution in [-0.4, -0.2) is 52.6 Å². The normalized spacial score (nSPS) is 29.1. The number of benzene rings is 2. The Morgan fingerprint density at radius 2 is 1.93 bits per heavy atom. The van der Waals surface area contributed by atoms with Crippen molar-refractivity contribution in [2.24, 2.45) is 17.3 Å². The first-order chi connectivity index (χ1) is 19.9. The third-order valence-corrected chi connectivity index (χ3v) is 10.6. The van der Waals surface area contributed by atoms with Gasteiger partial charge in [0.2, 0.25) is 5.91 Å². The van der Waals surface area contributed by atoms with Gasteiger partial charge in [0.15, 0.2) is 6.73 Å². The number of hydrogen-bond donors (Lipinski definition) is 1. The smallest absolute Gasteiger partial charge is 0.416 e. The predicted molar refractivity (Wildman–Crippen MR) is 152 cm³/mol. The van der Waals surface area contributed by atoms with E-state index >= 15 is 0 Å². The number of fused-ring (bicyclic) bond motifs is 3. The Morgan fingerprint density at radius 1 is 1.14 bits per heavy atom. The molecule has 4 atom stereocenters. The molecule has 1 saturated carbocycles. The Hall–Kier alpha value is -3.33. The van der Waals surface area contributed by atoms with Crippen LogP contribution in [-0.2, 0) is 22.9 Å². The van der Waals surface area contributed by atoms with Crippen LogP contribution in [0.5, 0.6) is 5.75 Å². The van der Waals surface area contributed by atoms with Gasteiger partial charge in [-0.2, -0.15) is 13.2 Å². The predicted octanol–water partition coefficient (Wildman–Crippen LogP) is 6.58. The minimum atomic E-state index is -4.46. The minimum absolute atomic E-state index is 0.0314. The molecular formula is C33H37F3N2O4. The number of likely N-dealkylation sites (tertiary alicyclic amines) is 1. The number of carboxylic acid groups (broad SMARTS) is 1. The summed E-state index contributed by atoms with van der Waals surface area (Å²) in [6, 6.07) is 9.23. The van der Waals surface area contributed by atoms with E-state index in [1.807, 2.05) is 12.1 Å². The van der Waals surface area contributed by atoms with Crippen LogP contribution in [0.15, 0.2) is 42.5 Å². The number of alkyl halides is 3. The van der Waals surface area contributed by atoms with Gasteiger partial charge in [-0.05, 0) is 79.5 Å². The summed E-state index contributed by atoms with van der Waals surface area (Å²) in [5.74, 6) is -0.247. The van der Waals surface area contributed by atoms with Gasteiger partial charge in [0.25, 0.3) is 0 Å². The highest BCUT2D eigenvalue weighted by Crippen LogP contribution is 2.52. The van der Waals surface area contributed by atoms with Crippen molar-refractivity contribution in [2.45, 2.75) is 70.6 Å². The number of halogens is 3. The molecule has 0 unspecified atom stereocenters. The quantitative estimate of drug-likeness (QED) is 0.441. The summed E-state index contributed by atoms with van der Waals surface area (Å²) in [6.07, 6.45) is 2.88. The van der Waals surface area contributed by atoms with Crippen LogP contribution in [0.1, 0.15) is 79.1 Å². The zero-order chi connectivity index (χ0) is 30.0. The third kappa shape index (κ3) is 4.51. The molecule has 224 valence electrons. The lowest BCUT2D eigenvalue weighted by molar-refractivity contribution is -0.150. The molecule has 1 amide bonds. The second kappa shape index (κ2) is 10.1. The maximum absolute atomic E-state index is 14.1. The number of allylic oxidation sites excluding steroid dienone is 1. The van der Waals surface area contributed by atoms with Crippen molar-refractivity contribution in [2.75, 3.05) is 19.8 Å². The highest BCUT2D eigenvalue weighted by molar-refractivity contribution is 5.94. The number of amides is 1. The van der Waals surface area contributed by atoms with Crippen LogP contribution in [0.2, 0.25) is 0 Å². The molecule has 6 nitrogen and oxygen atoms in total. The standard InChI is InChI=1S/C33H37F3N2O4/c1-20(2)32(30(41)38-18-22-15-23(33(34,35)36)7-8-28(22)42-19-38)11-9-24(16-32)37-14-13-31(21(3)17-37)12-10-25-26(29(39)40)5-4-6-27(25)31/h4-8,10,12,15,20-21,24H,9,11,13-14,16-19H2,1-3H3,(H,39,40)/t21-,24+,31-,32-/m0/s1. The van der Waals surface area contributed by atoms with Crippen LogP contribution in [0.25, 0.3) is 6.08 Å². The molecule has 2 heterocycles. The molecule has 42 heavy (non-hydrogen) atoms. The summed E-state index contributed by atoms with van der Waals surface area (Å²) in [5.41, 5.74) is 1.06. The van der Waals surface area contributed by atoms with Crippen molar-refractivity contribution in [3.8, 4) is 5.75 Å². The van der Waals surface area contributed by atoms with Crippen LogP contribution >= 0.6 is 0 Å². The Labute approximate surface area is 244 Å². The van der Waals surface area contributed by atoms with Crippen LogP contribution in [0.3, 0.4) is 0 Å². The summed E-state index contributed by atoms with van der Waals surface area (Å²) in [6.45, 7) is 8.18. The van der Waals surface area contributed by atoms with Crippen LogP contribution in [0.4, 0.5) is 13.2 Å². The van der Waals surface area contributed by atoms with E-state index in [2.05, 4.69) is 37.8 Å². The first-order valence-electron chi connectivity index (χ1n) is 14.8. The van der Waals surface area contributed by atoms with Gasteiger partial charge < -0.3 is 14.7 Å². The molecule has 1 spiro atoms. The fourth-order valence-electron chi connectivity index (χ4n) is 8.01. The number of hydrogen-bond acceptors (Lipinski definition) is 4. The molecule has 4 aliphatic rings. The maximum Gasteiger partial charge on any atom is 0.416 e. The Morgan fingerprint density at radius 3 is 2.62 bits per heavy atom. The van der Waals surface area contributed by atoms with Crippen molar-refractivity contribution in [3.05, 3.63) is 70.3 Å². The molecule has 2 aromatic rings. The maximum atomic E-state index is 14.1. The highest BCUT2D eigenvalue weighted by atomic mass is 19.4. The average Bonchev–Trinajstić information content (AvgIpc) is 3.57. The Balaban J connectivity index is 1.18. The van der Waals surface area contributed by atoms with Crippen molar-refractivity contribution >= 4 is 18.0 Å². The summed E-state index contributed by atoms with van der Waals surface area (Å²) < 4.78 is 45.8. The molecule has 2 fully saturated rings. The van der Waals surface area contributed by atoms with E-state index in [0.717, 1.165) is 55.6 Å². The van der Waals surface area contributed by atoms with E-state index in [4.69, 9.17) is 4.74 Å². The van der Waals surface area contributed by atoms with E-state index in [9.17, 15) is 27.9 Å². The van der Waals surface area contributed by atoms with E-state index < -0.39 is 23.1 Å². The zero-order valence-corrected chi connectivity index (χ0v) is 24.2. The number of rotatable bonds is 4. The number of ether oxygens (including phenoxy) is 1. The molecule has 0 radical (unpaired) electrons. The minimum Gasteiger partial charge on any atom is -0.478 e. The molecule has 2 aliphatic carbocycles. The number of nitrogens with zero attached hydrogens (tertiary/aromatic N) is 2. The number of aromatic carboxylic acids is 1. The van der Waals surface area contributed by atoms with Gasteiger partial charge in [0, 0.05) is 23.6 Å². The highest BCUT2D eigenvalue weighted by Gasteiger charge is 2.53. The van der Waals surface area contributed by atoms with Gasteiger partial charge in [-0.1, -0.05) is 45.1 Å². The molecule has 2 aromatic carbocycles. The zero-order valence-electron chi connectivity index (χ0n) is 24.2. The summed E-state index contributed by atoms with van der Waals surface area (Å²) in [7, 11) is 0. The Kier molecular flexibility index (Phi) is 6.95. The molecule has 1 N–H and O–H groups in total. The van der Waals surface area contributed by atoms with Gasteiger partial charge in [-0.3, -0.25) is 9.69 Å². The monoisotopic (exact) mass is 582 g/mol. The van der Waals surface area contributed by atoms with Crippen LogP contribution in [0, 0.1) is 17.3 Å². The fraction of sp³-hybridized carbons (Fsp3) is 0.515. The van der Waals surface area contributed by atoms with E-state index in [1.54, 1.807) is 11.0 Å². The molecule has 0 aromatic heterocycles. The number of carbonyl (C=O) groups excluding carboxylic acids is 1. The lowest BCUT2D eigenvalue weighted by Crippen LogP contribution is -2.52. The summed E-state index contributed by atoms with van der Waals surface area (Å²) in [5, 5.41) is 9.69. The van der Waals surface area contributed by atoms with Crippen molar-refractivity contribution < 1.29 is 32.6 Å². The van der Waals surface area contributed by atoms with Crippen molar-refractivity contribution in [3.63, 3.8) is 0 Å². The van der Waals surface area contributed by atoms with Gasteiger partial charge >= 0.3 is 12.1 Å². The van der Waals surface area contributed by atoms with E-state index in [1.165, 1.54) is 6.07 Å². The van der Waals surface area contributed by atoms with Crippen molar-refractivity contribution in [1.29, 1.82) is 0 Å². The lowest BCUT2D eigenvalue weighted by atomic mass is 9.67. The largest absolute Gasteiger partial charge is 0.478 e. The van der Waals surface area contributed by atoms with Gasteiger partial charge in [0.05, 0.1) is 23.1 Å². The van der Waals surface area contributed by atoms with Gasteiger partial charge in [-0.15, -0.1) is 0 Å². The molecule has 1 saturated heterocycles. The van der Waals surface area contributed by atoms with Gasteiger partial charge in [-0.25, -0.2) is 4.79 Å². The molecular weight excluding hydrogens is 545 g/mol. The topological polar surface area (TPSA) is 70.1 Å². The molecule has 2 aliphatic heterocycles. The lowest BCUT2D eigenvalue weighted by Gasteiger charge is -2.47. The average molecular weight is 583 g/mol. The summed E-state index contributed by atoms with van der Waals surface area (Å²) >= 11 is 0. The number of piperidine rings is 1. The molecule has 6 rings (SSSR count). The molecule has 9 heteroatoms. The fourth-order valence-corrected chi connectivity index (χ4v) is 8.01. The second-order valence-electron chi connectivity index (χ2n) is 12.9. The first kappa shape index (κ1) is 28.8. The van der Waals surface area contributed by atoms with Crippen LogP contribution < -0.4 is 4.74 Å². The second-order valence-corrected chi connectivity index (χ2v) is 12.9. The Bertz CT molecular complexity index is 1450.